The van der Waals surface area contributed by atoms with Gasteiger partial charge in [0.2, 0.25) is 0 Å². The monoisotopic (exact) mass is 177 g/mol. The normalized spacial score (nSPS) is 10.2. The van der Waals surface area contributed by atoms with E-state index in [-0.39, 0.29) is 0 Å². The molecule has 5 nitrogen and oxygen atoms in total. The molecule has 0 saturated carbocycles. The first-order chi connectivity index (χ1) is 6.27. The van der Waals surface area contributed by atoms with Gasteiger partial charge in [-0.1, -0.05) is 18.2 Å². The van der Waals surface area contributed by atoms with Crippen LogP contribution in [-0.2, 0) is 0 Å². The molecule has 2 aromatic rings. The van der Waals surface area contributed by atoms with Crippen LogP contribution < -0.4 is 11.1 Å². The lowest BCUT2D eigenvalue weighted by molar-refractivity contribution is 0.741. The summed E-state index contributed by atoms with van der Waals surface area (Å²) in [6, 6.07) is 9.01. The molecule has 0 saturated heterocycles. The van der Waals surface area contributed by atoms with Crippen molar-refractivity contribution >= 4 is 0 Å². The Morgan fingerprint density at radius 1 is 0.923 bits per heavy atom. The Morgan fingerprint density at radius 2 is 1.46 bits per heavy atom. The predicted octanol–water partition coefficient (Wildman–Crippen LogP) is -0.146. The zero-order valence-electron chi connectivity index (χ0n) is 6.65. The fourth-order valence-electron chi connectivity index (χ4n) is 1.04. The Bertz CT molecular complexity index is 478. The lowest BCUT2D eigenvalue weighted by atomic mass is 10.3. The molecule has 13 heavy (non-hydrogen) atoms. The molecule has 5 heteroatoms. The van der Waals surface area contributed by atoms with Crippen LogP contribution in [0.15, 0.2) is 39.9 Å². The van der Waals surface area contributed by atoms with Crippen molar-refractivity contribution in [3.63, 3.8) is 0 Å². The van der Waals surface area contributed by atoms with Crippen LogP contribution in [0.4, 0.5) is 0 Å². The molecule has 1 aromatic heterocycles. The highest BCUT2D eigenvalue weighted by Gasteiger charge is 1.98. The van der Waals surface area contributed by atoms with Gasteiger partial charge in [-0.3, -0.25) is 9.59 Å². The molecule has 1 aromatic carbocycles. The number of rotatable bonds is 1. The fourth-order valence-corrected chi connectivity index (χ4v) is 1.04. The van der Waals surface area contributed by atoms with Crippen molar-refractivity contribution in [2.75, 3.05) is 0 Å². The van der Waals surface area contributed by atoms with Crippen molar-refractivity contribution in [1.82, 2.24) is 15.0 Å². The van der Waals surface area contributed by atoms with Crippen molar-refractivity contribution in [2.45, 2.75) is 0 Å². The Balaban J connectivity index is 2.60. The van der Waals surface area contributed by atoms with Gasteiger partial charge < -0.3 is 0 Å². The van der Waals surface area contributed by atoms with E-state index in [0.717, 1.165) is 0 Å². The molecule has 1 heterocycles. The van der Waals surface area contributed by atoms with Gasteiger partial charge >= 0.3 is 11.1 Å². The third-order valence-corrected chi connectivity index (χ3v) is 1.65. The molecule has 66 valence electrons. The molecule has 0 atom stereocenters. The molecule has 0 fully saturated rings. The van der Waals surface area contributed by atoms with Gasteiger partial charge in [-0.25, -0.2) is 10.2 Å². The largest absolute Gasteiger partial charge is 0.331 e. The minimum atomic E-state index is -0.649. The van der Waals surface area contributed by atoms with E-state index in [1.165, 1.54) is 4.80 Å². The molecule has 2 rings (SSSR count). The zero-order chi connectivity index (χ0) is 9.26. The van der Waals surface area contributed by atoms with Crippen LogP contribution in [0.25, 0.3) is 5.69 Å². The van der Waals surface area contributed by atoms with Crippen molar-refractivity contribution in [1.29, 1.82) is 0 Å². The van der Waals surface area contributed by atoms with E-state index in [1.807, 2.05) is 18.2 Å². The van der Waals surface area contributed by atoms with E-state index < -0.39 is 11.1 Å². The first-order valence-corrected chi connectivity index (χ1v) is 3.74. The summed E-state index contributed by atoms with van der Waals surface area (Å²) < 4.78 is 0. The van der Waals surface area contributed by atoms with Crippen LogP contribution in [0.3, 0.4) is 0 Å². The number of hydrogen-bond donors (Lipinski definition) is 2. The minimum absolute atomic E-state index is 0.649. The van der Waals surface area contributed by atoms with E-state index in [9.17, 15) is 9.59 Å². The average molecular weight is 177 g/mol. The van der Waals surface area contributed by atoms with Crippen LogP contribution in [0.5, 0.6) is 0 Å². The molecule has 0 aliphatic heterocycles. The van der Waals surface area contributed by atoms with Gasteiger partial charge in [0.1, 0.15) is 0 Å². The maximum atomic E-state index is 10.8. The molecule has 0 spiro atoms. The van der Waals surface area contributed by atoms with Crippen LogP contribution in [0.2, 0.25) is 0 Å². The zero-order valence-corrected chi connectivity index (χ0v) is 6.65. The van der Waals surface area contributed by atoms with Crippen LogP contribution in [0.1, 0.15) is 0 Å². The molecular weight excluding hydrogens is 170 g/mol. The summed E-state index contributed by atoms with van der Waals surface area (Å²) in [5, 5.41) is 4.71. The lowest BCUT2D eigenvalue weighted by Crippen LogP contribution is -2.20. The first-order valence-electron chi connectivity index (χ1n) is 3.74. The number of aromatic nitrogens is 3. The fraction of sp³-hybridized carbons (Fsp3) is 0. The third-order valence-electron chi connectivity index (χ3n) is 1.65. The van der Waals surface area contributed by atoms with Gasteiger partial charge in [-0.2, -0.15) is 4.80 Å². The summed E-state index contributed by atoms with van der Waals surface area (Å²) in [7, 11) is 0. The smallest absolute Gasteiger partial charge is 0.262 e. The van der Waals surface area contributed by atoms with Crippen molar-refractivity contribution in [3.05, 3.63) is 51.0 Å². The van der Waals surface area contributed by atoms with Gasteiger partial charge in [-0.15, -0.1) is 0 Å². The third kappa shape index (κ3) is 1.31. The molecule has 0 amide bonds. The Hall–Kier alpha value is -2.04. The van der Waals surface area contributed by atoms with Crippen LogP contribution in [0, 0.1) is 0 Å². The number of benzene rings is 1. The number of hydrogen-bond acceptors (Lipinski definition) is 2. The number of H-pyrrole nitrogens is 2. The summed E-state index contributed by atoms with van der Waals surface area (Å²) >= 11 is 0. The minimum Gasteiger partial charge on any atom is -0.262 e. The Morgan fingerprint density at radius 3 is 2.00 bits per heavy atom. The van der Waals surface area contributed by atoms with E-state index in [4.69, 9.17) is 0 Å². The summed E-state index contributed by atoms with van der Waals surface area (Å²) in [4.78, 5) is 22.9. The highest BCUT2D eigenvalue weighted by molar-refractivity contribution is 5.27. The molecular formula is C8H7N3O2. The highest BCUT2D eigenvalue weighted by Crippen LogP contribution is 1.99. The number of para-hydroxylation sites is 1. The van der Waals surface area contributed by atoms with E-state index in [0.29, 0.717) is 5.69 Å². The van der Waals surface area contributed by atoms with Crippen LogP contribution >= 0.6 is 0 Å². The number of nitrogens with one attached hydrogen (secondary N) is 2. The molecule has 0 aliphatic rings. The molecule has 0 radical (unpaired) electrons. The van der Waals surface area contributed by atoms with Crippen molar-refractivity contribution < 1.29 is 0 Å². The van der Waals surface area contributed by atoms with Gasteiger partial charge in [0.25, 0.3) is 0 Å². The van der Waals surface area contributed by atoms with E-state index in [2.05, 4.69) is 10.2 Å². The highest BCUT2D eigenvalue weighted by atomic mass is 16.2. The van der Waals surface area contributed by atoms with Gasteiger partial charge in [-0.05, 0) is 12.1 Å². The topological polar surface area (TPSA) is 70.7 Å². The summed E-state index contributed by atoms with van der Waals surface area (Å²) in [6.45, 7) is 0. The van der Waals surface area contributed by atoms with Gasteiger partial charge in [0, 0.05) is 0 Å². The maximum Gasteiger partial charge on any atom is 0.331 e. The average Bonchev–Trinajstić information content (AvgIpc) is 2.49. The summed E-state index contributed by atoms with van der Waals surface area (Å²) in [5.74, 6) is 0. The second-order valence-corrected chi connectivity index (χ2v) is 2.55. The maximum absolute atomic E-state index is 10.8. The van der Waals surface area contributed by atoms with Gasteiger partial charge in [0.15, 0.2) is 0 Å². The molecule has 2 N–H and O–H groups in total. The van der Waals surface area contributed by atoms with E-state index >= 15 is 0 Å². The molecule has 0 aliphatic carbocycles. The molecule has 0 unspecified atom stereocenters. The second kappa shape index (κ2) is 2.78. The van der Waals surface area contributed by atoms with Crippen molar-refractivity contribution in [3.8, 4) is 5.69 Å². The Labute approximate surface area is 72.6 Å². The standard InChI is InChI=1S/C8H7N3O2/c12-7-8(13)10-11(9-7)6-4-2-1-3-5-6/h1-5H,(H,9,12)(H,10,13). The lowest BCUT2D eigenvalue weighted by Gasteiger charge is -1.98. The predicted molar refractivity (Wildman–Crippen MR) is 47.0 cm³/mol. The second-order valence-electron chi connectivity index (χ2n) is 2.55. The summed E-state index contributed by atoms with van der Waals surface area (Å²) in [5.41, 5.74) is -0.589. The molecule has 0 bridgehead atoms. The number of nitrogens with zero attached hydrogens (tertiary/aromatic N) is 1. The van der Waals surface area contributed by atoms with Gasteiger partial charge in [0.05, 0.1) is 5.69 Å². The Kier molecular flexibility index (Phi) is 1.63. The SMILES string of the molecule is O=c1[nH]n(-c2ccccc2)[nH]c1=O. The summed E-state index contributed by atoms with van der Waals surface area (Å²) in [6.07, 6.45) is 0. The number of aromatic amines is 2. The first kappa shape index (κ1) is 7.60. The quantitative estimate of drug-likeness (QED) is 0.595. The van der Waals surface area contributed by atoms with E-state index in [1.54, 1.807) is 12.1 Å². The van der Waals surface area contributed by atoms with Crippen molar-refractivity contribution in [2.24, 2.45) is 0 Å². The van der Waals surface area contributed by atoms with Crippen LogP contribution in [-0.4, -0.2) is 15.0 Å².